The Morgan fingerprint density at radius 3 is 2.47 bits per heavy atom. The molecule has 1 fully saturated rings. The van der Waals surface area contributed by atoms with Crippen molar-refractivity contribution in [3.63, 3.8) is 0 Å². The van der Waals surface area contributed by atoms with Gasteiger partial charge in [-0.3, -0.25) is 4.90 Å². The number of fused-ring (bicyclic) bond motifs is 1. The SMILES string of the molecule is CC(CCNC1CC1)N1Cc2ccccc2C1. The smallest absolute Gasteiger partial charge is 0.0243 e. The van der Waals surface area contributed by atoms with Crippen molar-refractivity contribution in [3.05, 3.63) is 35.4 Å². The lowest BCUT2D eigenvalue weighted by molar-refractivity contribution is 0.202. The third kappa shape index (κ3) is 2.70. The third-order valence-corrected chi connectivity index (χ3v) is 4.06. The summed E-state index contributed by atoms with van der Waals surface area (Å²) in [7, 11) is 0. The van der Waals surface area contributed by atoms with Gasteiger partial charge in [0.15, 0.2) is 0 Å². The van der Waals surface area contributed by atoms with E-state index in [2.05, 4.69) is 41.4 Å². The van der Waals surface area contributed by atoms with E-state index < -0.39 is 0 Å². The van der Waals surface area contributed by atoms with E-state index in [1.165, 1.54) is 36.9 Å². The first kappa shape index (κ1) is 11.2. The molecule has 2 aliphatic rings. The van der Waals surface area contributed by atoms with Gasteiger partial charge >= 0.3 is 0 Å². The second kappa shape index (κ2) is 4.79. The molecule has 0 bridgehead atoms. The summed E-state index contributed by atoms with van der Waals surface area (Å²) in [5, 5.41) is 3.61. The molecule has 0 spiro atoms. The Hall–Kier alpha value is -0.860. The Kier molecular flexibility index (Phi) is 3.17. The minimum Gasteiger partial charge on any atom is -0.314 e. The molecule has 0 saturated heterocycles. The predicted molar refractivity (Wildman–Crippen MR) is 70.8 cm³/mol. The zero-order valence-corrected chi connectivity index (χ0v) is 10.7. The van der Waals surface area contributed by atoms with Crippen LogP contribution in [0.3, 0.4) is 0 Å². The summed E-state index contributed by atoms with van der Waals surface area (Å²) in [4.78, 5) is 2.60. The molecule has 2 heteroatoms. The molecule has 2 nitrogen and oxygen atoms in total. The third-order valence-electron chi connectivity index (χ3n) is 4.06. The zero-order chi connectivity index (χ0) is 11.7. The van der Waals surface area contributed by atoms with Gasteiger partial charge in [-0.05, 0) is 43.9 Å². The fourth-order valence-electron chi connectivity index (χ4n) is 2.64. The van der Waals surface area contributed by atoms with Crippen molar-refractivity contribution in [1.82, 2.24) is 10.2 Å². The fraction of sp³-hybridized carbons (Fsp3) is 0.600. The van der Waals surface area contributed by atoms with Gasteiger partial charge in [-0.2, -0.15) is 0 Å². The molecule has 1 aliphatic carbocycles. The van der Waals surface area contributed by atoms with Crippen molar-refractivity contribution < 1.29 is 0 Å². The average Bonchev–Trinajstić information content (AvgIpc) is 3.06. The first-order valence-corrected chi connectivity index (χ1v) is 6.87. The second-order valence-corrected chi connectivity index (χ2v) is 5.54. The van der Waals surface area contributed by atoms with Crippen LogP contribution in [0.15, 0.2) is 24.3 Å². The number of rotatable bonds is 5. The van der Waals surface area contributed by atoms with E-state index in [0.29, 0.717) is 6.04 Å². The summed E-state index contributed by atoms with van der Waals surface area (Å²) in [6.45, 7) is 5.82. The monoisotopic (exact) mass is 230 g/mol. The highest BCUT2D eigenvalue weighted by Gasteiger charge is 2.24. The minimum absolute atomic E-state index is 0.689. The lowest BCUT2D eigenvalue weighted by Crippen LogP contribution is -2.31. The largest absolute Gasteiger partial charge is 0.314 e. The molecule has 0 amide bonds. The Balaban J connectivity index is 1.49. The normalized spacial score (nSPS) is 21.5. The van der Waals surface area contributed by atoms with Crippen LogP contribution in [-0.2, 0) is 13.1 Å². The van der Waals surface area contributed by atoms with Crippen LogP contribution < -0.4 is 5.32 Å². The van der Waals surface area contributed by atoms with Crippen molar-refractivity contribution in [2.75, 3.05) is 6.54 Å². The van der Waals surface area contributed by atoms with Gasteiger partial charge < -0.3 is 5.32 Å². The molecule has 0 radical (unpaired) electrons. The molecule has 92 valence electrons. The summed E-state index contributed by atoms with van der Waals surface area (Å²) >= 11 is 0. The maximum absolute atomic E-state index is 3.61. The van der Waals surface area contributed by atoms with E-state index in [1.807, 2.05) is 0 Å². The van der Waals surface area contributed by atoms with Crippen molar-refractivity contribution in [1.29, 1.82) is 0 Å². The molecule has 1 aromatic carbocycles. The van der Waals surface area contributed by atoms with Gasteiger partial charge in [0, 0.05) is 25.2 Å². The van der Waals surface area contributed by atoms with Crippen molar-refractivity contribution in [2.24, 2.45) is 0 Å². The van der Waals surface area contributed by atoms with E-state index >= 15 is 0 Å². The van der Waals surface area contributed by atoms with E-state index in [4.69, 9.17) is 0 Å². The van der Waals surface area contributed by atoms with Gasteiger partial charge in [0.2, 0.25) is 0 Å². The summed E-state index contributed by atoms with van der Waals surface area (Å²) in [6.07, 6.45) is 4.05. The molecule has 1 unspecified atom stereocenters. The number of hydrogen-bond donors (Lipinski definition) is 1. The van der Waals surface area contributed by atoms with Crippen LogP contribution >= 0.6 is 0 Å². The minimum atomic E-state index is 0.689. The van der Waals surface area contributed by atoms with E-state index in [0.717, 1.165) is 19.1 Å². The molecule has 3 rings (SSSR count). The highest BCUT2D eigenvalue weighted by molar-refractivity contribution is 5.30. The summed E-state index contributed by atoms with van der Waals surface area (Å²) in [6, 6.07) is 10.4. The first-order valence-electron chi connectivity index (χ1n) is 6.87. The van der Waals surface area contributed by atoms with Gasteiger partial charge in [0.1, 0.15) is 0 Å². The fourth-order valence-corrected chi connectivity index (χ4v) is 2.64. The van der Waals surface area contributed by atoms with Gasteiger partial charge in [0.05, 0.1) is 0 Å². The lowest BCUT2D eigenvalue weighted by Gasteiger charge is -2.23. The van der Waals surface area contributed by atoms with Crippen LogP contribution in [0, 0.1) is 0 Å². The molecule has 1 N–H and O–H groups in total. The average molecular weight is 230 g/mol. The Morgan fingerprint density at radius 2 is 1.88 bits per heavy atom. The van der Waals surface area contributed by atoms with Gasteiger partial charge in [-0.1, -0.05) is 24.3 Å². The Bertz CT molecular complexity index is 359. The molecule has 1 saturated carbocycles. The van der Waals surface area contributed by atoms with Crippen LogP contribution in [0.5, 0.6) is 0 Å². The molecular formula is C15H22N2. The van der Waals surface area contributed by atoms with Crippen molar-refractivity contribution in [3.8, 4) is 0 Å². The highest BCUT2D eigenvalue weighted by atomic mass is 15.2. The Labute approximate surface area is 104 Å². The molecule has 0 aromatic heterocycles. The maximum atomic E-state index is 3.61. The zero-order valence-electron chi connectivity index (χ0n) is 10.7. The van der Waals surface area contributed by atoms with Crippen LogP contribution in [-0.4, -0.2) is 23.5 Å². The van der Waals surface area contributed by atoms with Crippen LogP contribution in [0.25, 0.3) is 0 Å². The highest BCUT2D eigenvalue weighted by Crippen LogP contribution is 2.25. The molecule has 1 heterocycles. The predicted octanol–water partition coefficient (Wildman–Crippen LogP) is 2.53. The van der Waals surface area contributed by atoms with Crippen LogP contribution in [0.4, 0.5) is 0 Å². The summed E-state index contributed by atoms with van der Waals surface area (Å²) in [5.41, 5.74) is 3.05. The van der Waals surface area contributed by atoms with Crippen molar-refractivity contribution in [2.45, 2.75) is 51.4 Å². The molecule has 1 aliphatic heterocycles. The first-order chi connectivity index (χ1) is 8.33. The second-order valence-electron chi connectivity index (χ2n) is 5.54. The van der Waals surface area contributed by atoms with E-state index in [9.17, 15) is 0 Å². The number of nitrogens with one attached hydrogen (secondary N) is 1. The Morgan fingerprint density at radius 1 is 1.24 bits per heavy atom. The lowest BCUT2D eigenvalue weighted by atomic mass is 10.1. The van der Waals surface area contributed by atoms with Crippen LogP contribution in [0.1, 0.15) is 37.3 Å². The summed E-state index contributed by atoms with van der Waals surface area (Å²) < 4.78 is 0. The topological polar surface area (TPSA) is 15.3 Å². The molecular weight excluding hydrogens is 208 g/mol. The maximum Gasteiger partial charge on any atom is 0.0243 e. The summed E-state index contributed by atoms with van der Waals surface area (Å²) in [5.74, 6) is 0. The van der Waals surface area contributed by atoms with Gasteiger partial charge in [0.25, 0.3) is 0 Å². The van der Waals surface area contributed by atoms with Crippen LogP contribution in [0.2, 0.25) is 0 Å². The number of nitrogens with zero attached hydrogens (tertiary/aromatic N) is 1. The van der Waals surface area contributed by atoms with E-state index in [1.54, 1.807) is 0 Å². The molecule has 1 aromatic rings. The van der Waals surface area contributed by atoms with Gasteiger partial charge in [-0.15, -0.1) is 0 Å². The van der Waals surface area contributed by atoms with Gasteiger partial charge in [-0.25, -0.2) is 0 Å². The van der Waals surface area contributed by atoms with E-state index in [-0.39, 0.29) is 0 Å². The molecule has 1 atom stereocenters. The molecule has 17 heavy (non-hydrogen) atoms. The van der Waals surface area contributed by atoms with Crippen molar-refractivity contribution >= 4 is 0 Å². The number of benzene rings is 1. The number of hydrogen-bond acceptors (Lipinski definition) is 2. The quantitative estimate of drug-likeness (QED) is 0.836. The standard InChI is InChI=1S/C15H22N2/c1-12(8-9-16-15-6-7-15)17-10-13-4-2-3-5-14(13)11-17/h2-5,12,15-16H,6-11H2,1H3.